The first kappa shape index (κ1) is 15.6. The van der Waals surface area contributed by atoms with Gasteiger partial charge in [-0.25, -0.2) is 13.4 Å². The number of H-pyrrole nitrogens is 1. The van der Waals surface area contributed by atoms with Gasteiger partial charge in [-0.1, -0.05) is 6.07 Å². The summed E-state index contributed by atoms with van der Waals surface area (Å²) in [6, 6.07) is 4.25. The van der Waals surface area contributed by atoms with Crippen molar-refractivity contribution in [3.63, 3.8) is 0 Å². The van der Waals surface area contributed by atoms with Crippen LogP contribution in [0.5, 0.6) is 0 Å². The lowest BCUT2D eigenvalue weighted by atomic mass is 10.2. The smallest absolute Gasteiger partial charge is 0.151 e. The van der Waals surface area contributed by atoms with E-state index in [0.29, 0.717) is 5.75 Å². The molecule has 0 amide bonds. The van der Waals surface area contributed by atoms with Gasteiger partial charge in [0.2, 0.25) is 0 Å². The number of likely N-dealkylation sites (N-methyl/N-ethyl adjacent to an activating group) is 1. The van der Waals surface area contributed by atoms with E-state index in [-0.39, 0.29) is 11.8 Å². The summed E-state index contributed by atoms with van der Waals surface area (Å²) >= 11 is 1.71. The maximum absolute atomic E-state index is 11.5. The first-order valence-corrected chi connectivity index (χ1v) is 10.1. The molecular formula is C14H20N4O2S2. The second kappa shape index (κ2) is 6.47. The largest absolute Gasteiger partial charge is 0.302 e. The van der Waals surface area contributed by atoms with Crippen molar-refractivity contribution >= 4 is 21.2 Å². The molecule has 120 valence electrons. The second-order valence-corrected chi connectivity index (χ2v) is 9.00. The zero-order valence-corrected chi connectivity index (χ0v) is 14.2. The predicted octanol–water partition coefficient (Wildman–Crippen LogP) is 1.12. The van der Waals surface area contributed by atoms with Gasteiger partial charge in [-0.2, -0.15) is 5.10 Å². The summed E-state index contributed by atoms with van der Waals surface area (Å²) in [5.41, 5.74) is 0. The highest BCUT2D eigenvalue weighted by Gasteiger charge is 2.30. The van der Waals surface area contributed by atoms with Gasteiger partial charge in [-0.3, -0.25) is 5.10 Å². The maximum atomic E-state index is 11.5. The fraction of sp³-hybridized carbons (Fsp3) is 0.571. The number of sulfone groups is 1. The molecule has 0 radical (unpaired) electrons. The molecule has 1 N–H and O–H groups in total. The molecule has 6 nitrogen and oxygen atoms in total. The Morgan fingerprint density at radius 1 is 1.50 bits per heavy atom. The van der Waals surface area contributed by atoms with E-state index in [4.69, 9.17) is 0 Å². The number of aromatic amines is 1. The molecule has 0 spiro atoms. The van der Waals surface area contributed by atoms with Crippen LogP contribution in [0.15, 0.2) is 17.5 Å². The minimum Gasteiger partial charge on any atom is -0.302 e. The van der Waals surface area contributed by atoms with Gasteiger partial charge >= 0.3 is 0 Å². The molecule has 3 heterocycles. The predicted molar refractivity (Wildman–Crippen MR) is 86.9 cm³/mol. The minimum absolute atomic E-state index is 0.134. The van der Waals surface area contributed by atoms with Crippen LogP contribution < -0.4 is 0 Å². The van der Waals surface area contributed by atoms with Crippen molar-refractivity contribution in [2.24, 2.45) is 0 Å². The molecule has 0 aliphatic carbocycles. The van der Waals surface area contributed by atoms with Crippen molar-refractivity contribution in [1.82, 2.24) is 20.1 Å². The Balaban J connectivity index is 1.50. The lowest BCUT2D eigenvalue weighted by molar-refractivity contribution is 0.264. The number of hydrogen-bond donors (Lipinski definition) is 1. The molecule has 1 aliphatic rings. The van der Waals surface area contributed by atoms with Gasteiger partial charge in [-0.15, -0.1) is 11.3 Å². The molecule has 1 atom stereocenters. The van der Waals surface area contributed by atoms with Crippen molar-refractivity contribution in [3.05, 3.63) is 34.0 Å². The second-order valence-electron chi connectivity index (χ2n) is 5.74. The van der Waals surface area contributed by atoms with Crippen molar-refractivity contribution in [1.29, 1.82) is 0 Å². The Bertz CT molecular complexity index is 709. The molecule has 0 saturated carbocycles. The maximum Gasteiger partial charge on any atom is 0.151 e. The number of nitrogens with zero attached hydrogens (tertiary/aromatic N) is 3. The summed E-state index contributed by atoms with van der Waals surface area (Å²) in [4.78, 5) is 7.88. The average molecular weight is 340 g/mol. The Morgan fingerprint density at radius 2 is 2.36 bits per heavy atom. The number of hydrogen-bond acceptors (Lipinski definition) is 6. The third kappa shape index (κ3) is 3.93. The summed E-state index contributed by atoms with van der Waals surface area (Å²) in [6.07, 6.45) is 2.24. The van der Waals surface area contributed by atoms with Gasteiger partial charge < -0.3 is 4.90 Å². The van der Waals surface area contributed by atoms with Crippen LogP contribution in [0, 0.1) is 0 Å². The van der Waals surface area contributed by atoms with Crippen molar-refractivity contribution < 1.29 is 8.42 Å². The molecule has 0 aromatic carbocycles. The zero-order valence-electron chi connectivity index (χ0n) is 12.5. The van der Waals surface area contributed by atoms with Crippen LogP contribution in [0.1, 0.15) is 22.9 Å². The van der Waals surface area contributed by atoms with E-state index in [1.165, 1.54) is 4.88 Å². The van der Waals surface area contributed by atoms with Crippen LogP contribution in [0.25, 0.3) is 0 Å². The van der Waals surface area contributed by atoms with Crippen LogP contribution in [0.2, 0.25) is 0 Å². The highest BCUT2D eigenvalue weighted by molar-refractivity contribution is 7.91. The highest BCUT2D eigenvalue weighted by Crippen LogP contribution is 2.17. The normalized spacial score (nSPS) is 20.7. The molecule has 1 fully saturated rings. The SMILES string of the molecule is CN(CCc1n[nH]c(Cc2cccs2)n1)C1CCS(=O)(=O)C1. The van der Waals surface area contributed by atoms with Gasteiger partial charge in [-0.05, 0) is 24.9 Å². The number of rotatable bonds is 6. The molecule has 3 rings (SSSR count). The van der Waals surface area contributed by atoms with Crippen molar-refractivity contribution in [3.8, 4) is 0 Å². The average Bonchev–Trinajstić information content (AvgIpc) is 3.18. The lowest BCUT2D eigenvalue weighted by Gasteiger charge is -2.22. The molecule has 2 aromatic rings. The molecular weight excluding hydrogens is 320 g/mol. The van der Waals surface area contributed by atoms with Gasteiger partial charge in [0.1, 0.15) is 5.82 Å². The Morgan fingerprint density at radius 3 is 3.05 bits per heavy atom. The molecule has 8 heteroatoms. The number of thiophene rings is 1. The molecule has 2 aromatic heterocycles. The first-order valence-electron chi connectivity index (χ1n) is 7.35. The van der Waals surface area contributed by atoms with Gasteiger partial charge in [0.05, 0.1) is 11.5 Å². The van der Waals surface area contributed by atoms with Crippen LogP contribution in [-0.4, -0.2) is 59.6 Å². The van der Waals surface area contributed by atoms with Crippen LogP contribution in [0.3, 0.4) is 0 Å². The summed E-state index contributed by atoms with van der Waals surface area (Å²) < 4.78 is 23.0. The summed E-state index contributed by atoms with van der Waals surface area (Å²) in [5.74, 6) is 2.26. The Hall–Kier alpha value is -1.25. The molecule has 1 aliphatic heterocycles. The quantitative estimate of drug-likeness (QED) is 0.852. The van der Waals surface area contributed by atoms with E-state index in [9.17, 15) is 8.42 Å². The third-order valence-corrected chi connectivity index (χ3v) is 6.65. The van der Waals surface area contributed by atoms with E-state index < -0.39 is 9.84 Å². The summed E-state index contributed by atoms with van der Waals surface area (Å²) in [5, 5.41) is 9.28. The number of nitrogens with one attached hydrogen (secondary N) is 1. The third-order valence-electron chi connectivity index (χ3n) is 4.02. The van der Waals surface area contributed by atoms with Gasteiger partial charge in [0, 0.05) is 30.3 Å². The highest BCUT2D eigenvalue weighted by atomic mass is 32.2. The first-order chi connectivity index (χ1) is 10.5. The zero-order chi connectivity index (χ0) is 15.6. The molecule has 0 bridgehead atoms. The molecule has 1 unspecified atom stereocenters. The fourth-order valence-electron chi connectivity index (χ4n) is 2.69. The van der Waals surface area contributed by atoms with Crippen LogP contribution >= 0.6 is 11.3 Å². The summed E-state index contributed by atoms with van der Waals surface area (Å²) in [7, 11) is -0.849. The Kier molecular flexibility index (Phi) is 4.60. The standard InChI is InChI=1S/C14H20N4O2S2/c1-18(11-5-8-22(19,20)10-11)6-4-13-15-14(17-16-13)9-12-3-2-7-21-12/h2-3,7,11H,4-6,8-10H2,1H3,(H,15,16,17). The van der Waals surface area contributed by atoms with Gasteiger partial charge in [0.15, 0.2) is 15.7 Å². The van der Waals surface area contributed by atoms with E-state index in [1.54, 1.807) is 11.3 Å². The number of aromatic nitrogens is 3. The van der Waals surface area contributed by atoms with Crippen molar-refractivity contribution in [2.75, 3.05) is 25.1 Å². The Labute approximate surface area is 134 Å². The van der Waals surface area contributed by atoms with E-state index >= 15 is 0 Å². The lowest BCUT2D eigenvalue weighted by Crippen LogP contribution is -2.34. The van der Waals surface area contributed by atoms with E-state index in [2.05, 4.69) is 31.5 Å². The van der Waals surface area contributed by atoms with Gasteiger partial charge in [0.25, 0.3) is 0 Å². The summed E-state index contributed by atoms with van der Waals surface area (Å²) in [6.45, 7) is 0.774. The van der Waals surface area contributed by atoms with Crippen molar-refractivity contribution in [2.45, 2.75) is 25.3 Å². The van der Waals surface area contributed by atoms with Crippen LogP contribution in [-0.2, 0) is 22.7 Å². The van der Waals surface area contributed by atoms with Crippen LogP contribution in [0.4, 0.5) is 0 Å². The van der Waals surface area contributed by atoms with E-state index in [0.717, 1.165) is 37.5 Å². The molecule has 22 heavy (non-hydrogen) atoms. The molecule has 1 saturated heterocycles. The fourth-order valence-corrected chi connectivity index (χ4v) is 5.20. The topological polar surface area (TPSA) is 79.0 Å². The van der Waals surface area contributed by atoms with E-state index in [1.807, 2.05) is 13.1 Å². The monoisotopic (exact) mass is 340 g/mol. The minimum atomic E-state index is -2.83.